The van der Waals surface area contributed by atoms with E-state index in [1.54, 1.807) is 12.5 Å². The molecule has 16 heavy (non-hydrogen) atoms. The van der Waals surface area contributed by atoms with Crippen LogP contribution in [-0.4, -0.2) is 15.4 Å². The second-order valence-electron chi connectivity index (χ2n) is 3.33. The summed E-state index contributed by atoms with van der Waals surface area (Å²) in [5.41, 5.74) is 0.898. The van der Waals surface area contributed by atoms with Crippen LogP contribution in [-0.2, 0) is 0 Å². The number of aromatic nitrogens is 2. The molecule has 1 heterocycles. The maximum Gasteiger partial charge on any atom is 0.114 e. The molecule has 0 saturated heterocycles. The number of hydrogen-bond donors (Lipinski definition) is 0. The molecule has 0 fully saturated rings. The third-order valence-electron chi connectivity index (χ3n) is 2.20. The van der Waals surface area contributed by atoms with Crippen molar-refractivity contribution in [3.63, 3.8) is 0 Å². The van der Waals surface area contributed by atoms with E-state index in [1.807, 2.05) is 35.0 Å². The summed E-state index contributed by atoms with van der Waals surface area (Å²) in [6.45, 7) is 2.06. The van der Waals surface area contributed by atoms with Crippen LogP contribution in [0.25, 0.3) is 0 Å². The van der Waals surface area contributed by atoms with Crippen molar-refractivity contribution in [2.45, 2.75) is 13.3 Å². The Balaban J connectivity index is 2.31. The van der Waals surface area contributed by atoms with Gasteiger partial charge in [0.1, 0.15) is 12.2 Å². The highest BCUT2D eigenvalue weighted by Crippen LogP contribution is 2.17. The topological polar surface area (TPSA) is 30.2 Å². The van der Waals surface area contributed by atoms with Crippen LogP contribution in [0.2, 0.25) is 5.02 Å². The molecule has 0 saturated carbocycles. The van der Waals surface area contributed by atoms with E-state index < -0.39 is 0 Å². The number of nitrogens with zero attached hydrogens (tertiary/aromatic N) is 3. The first-order chi connectivity index (χ1) is 7.79. The van der Waals surface area contributed by atoms with Gasteiger partial charge in [-0.05, 0) is 24.3 Å². The number of imidazole rings is 1. The summed E-state index contributed by atoms with van der Waals surface area (Å²) in [6, 6.07) is 7.47. The van der Waals surface area contributed by atoms with Gasteiger partial charge >= 0.3 is 0 Å². The molecule has 1 aromatic carbocycles. The van der Waals surface area contributed by atoms with Gasteiger partial charge in [-0.15, -0.1) is 0 Å². The van der Waals surface area contributed by atoms with Crippen LogP contribution < -0.4 is 0 Å². The van der Waals surface area contributed by atoms with E-state index in [-0.39, 0.29) is 0 Å². The fraction of sp³-hybridized carbons (Fsp3) is 0.167. The smallest absolute Gasteiger partial charge is 0.114 e. The van der Waals surface area contributed by atoms with Gasteiger partial charge in [-0.3, -0.25) is 4.57 Å². The van der Waals surface area contributed by atoms with Gasteiger partial charge in [-0.1, -0.05) is 18.5 Å². The third-order valence-corrected chi connectivity index (χ3v) is 2.46. The molecule has 0 atom stereocenters. The Hall–Kier alpha value is -1.61. The predicted octanol–water partition coefficient (Wildman–Crippen LogP) is 3.52. The zero-order chi connectivity index (χ0) is 11.4. The van der Waals surface area contributed by atoms with E-state index in [9.17, 15) is 0 Å². The van der Waals surface area contributed by atoms with Crippen LogP contribution in [0.1, 0.15) is 13.3 Å². The Labute approximate surface area is 99.4 Å². The zero-order valence-electron chi connectivity index (χ0n) is 8.97. The van der Waals surface area contributed by atoms with Crippen LogP contribution in [0, 0.1) is 0 Å². The van der Waals surface area contributed by atoms with E-state index in [4.69, 9.17) is 11.6 Å². The molecule has 0 N–H and O–H groups in total. The highest BCUT2D eigenvalue weighted by Gasteiger charge is 1.99. The number of aliphatic imine (C=N–C) groups is 1. The lowest BCUT2D eigenvalue weighted by molar-refractivity contribution is 1.05. The lowest BCUT2D eigenvalue weighted by atomic mass is 10.3. The summed E-state index contributed by atoms with van der Waals surface area (Å²) in [7, 11) is 0. The normalized spacial score (nSPS) is 11.8. The van der Waals surface area contributed by atoms with Crippen molar-refractivity contribution in [1.29, 1.82) is 0 Å². The molecule has 4 heteroatoms. The lowest BCUT2D eigenvalue weighted by Crippen LogP contribution is -2.07. The summed E-state index contributed by atoms with van der Waals surface area (Å²) >= 11 is 5.82. The Morgan fingerprint density at radius 1 is 1.38 bits per heavy atom. The molecule has 1 aromatic heterocycles. The van der Waals surface area contributed by atoms with E-state index in [0.717, 1.165) is 23.0 Å². The molecule has 0 amide bonds. The van der Waals surface area contributed by atoms with Crippen molar-refractivity contribution >= 4 is 23.1 Å². The monoisotopic (exact) mass is 233 g/mol. The maximum absolute atomic E-state index is 5.82. The molecular weight excluding hydrogens is 222 g/mol. The van der Waals surface area contributed by atoms with Crippen molar-refractivity contribution < 1.29 is 0 Å². The summed E-state index contributed by atoms with van der Waals surface area (Å²) in [6.07, 6.45) is 6.22. The largest absolute Gasteiger partial charge is 0.294 e. The molecule has 0 spiro atoms. The second kappa shape index (κ2) is 4.94. The Bertz CT molecular complexity index is 471. The maximum atomic E-state index is 5.82. The highest BCUT2D eigenvalue weighted by molar-refractivity contribution is 6.30. The molecule has 2 aromatic rings. The average Bonchev–Trinajstić information content (AvgIpc) is 2.82. The molecule has 0 aliphatic heterocycles. The minimum atomic E-state index is 0.722. The fourth-order valence-electron chi connectivity index (χ4n) is 1.40. The van der Waals surface area contributed by atoms with Crippen molar-refractivity contribution in [3.8, 4) is 0 Å². The Morgan fingerprint density at radius 2 is 2.12 bits per heavy atom. The SMILES string of the molecule is CCC(=Nc1ccc(Cl)cc1)n1ccnc1. The molecule has 82 valence electrons. The minimum absolute atomic E-state index is 0.722. The van der Waals surface area contributed by atoms with Crippen molar-refractivity contribution in [2.75, 3.05) is 0 Å². The average molecular weight is 234 g/mol. The minimum Gasteiger partial charge on any atom is -0.294 e. The van der Waals surface area contributed by atoms with Crippen LogP contribution in [0.3, 0.4) is 0 Å². The molecule has 0 aliphatic carbocycles. The predicted molar refractivity (Wildman–Crippen MR) is 66.5 cm³/mol. The van der Waals surface area contributed by atoms with E-state index >= 15 is 0 Å². The summed E-state index contributed by atoms with van der Waals surface area (Å²) in [5, 5.41) is 0.722. The van der Waals surface area contributed by atoms with Gasteiger partial charge in [0.15, 0.2) is 0 Å². The molecule has 2 rings (SSSR count). The van der Waals surface area contributed by atoms with Gasteiger partial charge < -0.3 is 0 Å². The highest BCUT2D eigenvalue weighted by atomic mass is 35.5. The standard InChI is InChI=1S/C12H12ClN3/c1-2-12(16-8-7-14-9-16)15-11-5-3-10(13)4-6-11/h3-9H,2H2,1H3. The van der Waals surface area contributed by atoms with Crippen LogP contribution in [0.4, 0.5) is 5.69 Å². The summed E-state index contributed by atoms with van der Waals surface area (Å²) in [4.78, 5) is 8.55. The summed E-state index contributed by atoms with van der Waals surface area (Å²) < 4.78 is 1.91. The fourth-order valence-corrected chi connectivity index (χ4v) is 1.52. The van der Waals surface area contributed by atoms with Crippen LogP contribution in [0.15, 0.2) is 48.0 Å². The van der Waals surface area contributed by atoms with Crippen molar-refractivity contribution in [1.82, 2.24) is 9.55 Å². The van der Waals surface area contributed by atoms with E-state index in [1.165, 1.54) is 0 Å². The third kappa shape index (κ3) is 2.49. The van der Waals surface area contributed by atoms with Gasteiger partial charge in [-0.2, -0.15) is 0 Å². The lowest BCUT2D eigenvalue weighted by Gasteiger charge is -2.04. The van der Waals surface area contributed by atoms with Gasteiger partial charge in [0.05, 0.1) is 5.69 Å². The quantitative estimate of drug-likeness (QED) is 0.577. The Morgan fingerprint density at radius 3 is 2.69 bits per heavy atom. The first-order valence-corrected chi connectivity index (χ1v) is 5.49. The van der Waals surface area contributed by atoms with Crippen molar-refractivity contribution in [2.24, 2.45) is 4.99 Å². The van der Waals surface area contributed by atoms with Gasteiger partial charge in [0, 0.05) is 23.8 Å². The molecule has 0 bridgehead atoms. The van der Waals surface area contributed by atoms with E-state index in [2.05, 4.69) is 16.9 Å². The molecule has 0 radical (unpaired) electrons. The van der Waals surface area contributed by atoms with Crippen LogP contribution >= 0.6 is 11.6 Å². The first kappa shape index (κ1) is 10.9. The molecule has 0 unspecified atom stereocenters. The van der Waals surface area contributed by atoms with E-state index in [0.29, 0.717) is 0 Å². The summed E-state index contributed by atoms with van der Waals surface area (Å²) in [5.74, 6) is 0.958. The van der Waals surface area contributed by atoms with Gasteiger partial charge in [-0.25, -0.2) is 9.98 Å². The molecular formula is C12H12ClN3. The molecule has 0 aliphatic rings. The van der Waals surface area contributed by atoms with Crippen molar-refractivity contribution in [3.05, 3.63) is 48.0 Å². The van der Waals surface area contributed by atoms with Crippen LogP contribution in [0.5, 0.6) is 0 Å². The number of halogens is 1. The first-order valence-electron chi connectivity index (χ1n) is 5.11. The second-order valence-corrected chi connectivity index (χ2v) is 3.76. The Kier molecular flexibility index (Phi) is 3.37. The number of rotatable bonds is 2. The molecule has 3 nitrogen and oxygen atoms in total. The number of benzene rings is 1. The van der Waals surface area contributed by atoms with Gasteiger partial charge in [0.25, 0.3) is 0 Å². The number of hydrogen-bond acceptors (Lipinski definition) is 2. The van der Waals surface area contributed by atoms with Gasteiger partial charge in [0.2, 0.25) is 0 Å². The zero-order valence-corrected chi connectivity index (χ0v) is 9.72.